The summed E-state index contributed by atoms with van der Waals surface area (Å²) in [5.74, 6) is -1.90. The second-order valence-corrected chi connectivity index (χ2v) is 13.1. The van der Waals surface area contributed by atoms with Crippen LogP contribution in [0.15, 0.2) is 0 Å². The molecule has 41 heavy (non-hydrogen) atoms. The number of carbonyl (C=O) groups is 2. The Morgan fingerprint density at radius 2 is 1.80 bits per heavy atom. The van der Waals surface area contributed by atoms with E-state index in [9.17, 15) is 24.9 Å². The number of aliphatic hydroxyl groups excluding tert-OH is 3. The number of rotatable bonds is 8. The molecule has 0 radical (unpaired) electrons. The highest BCUT2D eigenvalue weighted by Crippen LogP contribution is 2.38. The molecule has 2 heterocycles. The van der Waals surface area contributed by atoms with Gasteiger partial charge in [0.2, 0.25) is 0 Å². The number of aliphatic hydroxyl groups is 3. The summed E-state index contributed by atoms with van der Waals surface area (Å²) in [6.45, 7) is 13.4. The highest BCUT2D eigenvalue weighted by Gasteiger charge is 2.51. The van der Waals surface area contributed by atoms with Crippen LogP contribution < -0.4 is 0 Å². The van der Waals surface area contributed by atoms with Crippen LogP contribution in [0.2, 0.25) is 0 Å². The minimum absolute atomic E-state index is 0.00670. The first-order chi connectivity index (χ1) is 19.0. The van der Waals surface area contributed by atoms with Gasteiger partial charge < -0.3 is 39.2 Å². The molecule has 10 atom stereocenters. The monoisotopic (exact) mass is 588 g/mol. The lowest BCUT2D eigenvalue weighted by molar-refractivity contribution is -0.295. The fraction of sp³-hybridized carbons (Fsp3) is 0.933. The van der Waals surface area contributed by atoms with E-state index in [2.05, 4.69) is 6.92 Å². The SMILES string of the molecule is CCN1C[C@H](C)C[C@@](C)(OC)[C@H](O[C@@H]2O[C@H](C)C[C@H](N(C)C)[C@H]2O)[C@@H](C)C(=O)C(C)(C)C(=O)OC[C@H]1C(O)CCO. The number of carbonyl (C=O) groups excluding carboxylic acids is 2. The molecule has 0 bridgehead atoms. The summed E-state index contributed by atoms with van der Waals surface area (Å²) < 4.78 is 24.5. The number of ether oxygens (including phenoxy) is 4. The molecule has 0 aliphatic carbocycles. The fourth-order valence-corrected chi connectivity index (χ4v) is 6.49. The van der Waals surface area contributed by atoms with E-state index in [0.717, 1.165) is 0 Å². The van der Waals surface area contributed by atoms with Gasteiger partial charge in [-0.15, -0.1) is 0 Å². The van der Waals surface area contributed by atoms with Crippen LogP contribution in [0.25, 0.3) is 0 Å². The fourth-order valence-electron chi connectivity index (χ4n) is 6.49. The molecule has 0 amide bonds. The van der Waals surface area contributed by atoms with Crippen LogP contribution in [-0.2, 0) is 28.5 Å². The number of cyclic esters (lactones) is 1. The van der Waals surface area contributed by atoms with Gasteiger partial charge in [-0.2, -0.15) is 0 Å². The van der Waals surface area contributed by atoms with Crippen LogP contribution in [0.3, 0.4) is 0 Å². The Bertz CT molecular complexity index is 856. The molecule has 0 aromatic heterocycles. The molecular weight excluding hydrogens is 532 g/mol. The minimum atomic E-state index is -1.52. The Labute approximate surface area is 246 Å². The van der Waals surface area contributed by atoms with E-state index in [1.165, 1.54) is 13.8 Å². The molecule has 11 heteroatoms. The van der Waals surface area contributed by atoms with Crippen LogP contribution >= 0.6 is 0 Å². The van der Waals surface area contributed by atoms with Crippen molar-refractivity contribution >= 4 is 11.8 Å². The van der Waals surface area contributed by atoms with Crippen molar-refractivity contribution in [3.05, 3.63) is 0 Å². The van der Waals surface area contributed by atoms with Crippen molar-refractivity contribution in [1.29, 1.82) is 0 Å². The third-order valence-electron chi connectivity index (χ3n) is 9.05. The summed E-state index contributed by atoms with van der Waals surface area (Å²) in [7, 11) is 5.37. The number of hydrogen-bond donors (Lipinski definition) is 3. The van der Waals surface area contributed by atoms with Crippen molar-refractivity contribution in [2.75, 3.05) is 47.5 Å². The first-order valence-electron chi connectivity index (χ1n) is 15.0. The number of methoxy groups -OCH3 is 1. The normalized spacial score (nSPS) is 39.0. The number of hydrogen-bond acceptors (Lipinski definition) is 11. The molecule has 2 aliphatic heterocycles. The number of ketones is 1. The van der Waals surface area contributed by atoms with E-state index in [0.29, 0.717) is 25.9 Å². The van der Waals surface area contributed by atoms with Crippen molar-refractivity contribution in [2.24, 2.45) is 17.3 Å². The van der Waals surface area contributed by atoms with Crippen LogP contribution in [0.1, 0.15) is 67.7 Å². The number of likely N-dealkylation sites (N-methyl/N-ethyl adjacent to an activating group) is 2. The van der Waals surface area contributed by atoms with Gasteiger partial charge in [-0.3, -0.25) is 14.5 Å². The van der Waals surface area contributed by atoms with Gasteiger partial charge in [0.15, 0.2) is 12.1 Å². The highest BCUT2D eigenvalue weighted by atomic mass is 16.7. The number of nitrogens with zero attached hydrogens (tertiary/aromatic N) is 2. The zero-order valence-corrected chi connectivity index (χ0v) is 26.8. The topological polar surface area (TPSA) is 138 Å². The molecule has 2 saturated heterocycles. The second kappa shape index (κ2) is 15.0. The summed E-state index contributed by atoms with van der Waals surface area (Å²) in [5.41, 5.74) is -2.52. The van der Waals surface area contributed by atoms with E-state index in [-0.39, 0.29) is 43.5 Å². The molecule has 1 unspecified atom stereocenters. The summed E-state index contributed by atoms with van der Waals surface area (Å²) >= 11 is 0. The van der Waals surface area contributed by atoms with Crippen molar-refractivity contribution in [3.8, 4) is 0 Å². The largest absolute Gasteiger partial charge is 0.463 e. The Balaban J connectivity index is 2.57. The highest BCUT2D eigenvalue weighted by molar-refractivity contribution is 6.04. The summed E-state index contributed by atoms with van der Waals surface area (Å²) in [6, 6.07) is -0.761. The predicted octanol–water partition coefficient (Wildman–Crippen LogP) is 1.45. The molecule has 0 spiro atoms. The maximum Gasteiger partial charge on any atom is 0.319 e. The molecular formula is C30H56N2O9. The van der Waals surface area contributed by atoms with Gasteiger partial charge in [0.05, 0.1) is 30.0 Å². The zero-order chi connectivity index (χ0) is 31.3. The molecule has 2 aliphatic rings. The Morgan fingerprint density at radius 3 is 2.34 bits per heavy atom. The van der Waals surface area contributed by atoms with E-state index in [4.69, 9.17) is 18.9 Å². The third kappa shape index (κ3) is 8.47. The molecule has 240 valence electrons. The summed E-state index contributed by atoms with van der Waals surface area (Å²) in [5, 5.41) is 31.6. The maximum atomic E-state index is 14.0. The third-order valence-corrected chi connectivity index (χ3v) is 9.05. The van der Waals surface area contributed by atoms with Gasteiger partial charge in [0.1, 0.15) is 18.1 Å². The minimum Gasteiger partial charge on any atom is -0.463 e. The van der Waals surface area contributed by atoms with Crippen LogP contribution in [0.4, 0.5) is 0 Å². The quantitative estimate of drug-likeness (QED) is 0.281. The van der Waals surface area contributed by atoms with Crippen molar-refractivity contribution in [1.82, 2.24) is 9.80 Å². The van der Waals surface area contributed by atoms with Crippen LogP contribution in [0.5, 0.6) is 0 Å². The molecule has 2 rings (SSSR count). The Kier molecular flexibility index (Phi) is 13.2. The first kappa shape index (κ1) is 36.0. The number of Topliss-reactive ketones (excluding diaryl/α,β-unsaturated/α-hetero) is 1. The average molecular weight is 589 g/mol. The Morgan fingerprint density at radius 1 is 1.17 bits per heavy atom. The van der Waals surface area contributed by atoms with Crippen molar-refractivity contribution in [2.45, 2.75) is 116 Å². The second-order valence-electron chi connectivity index (χ2n) is 13.1. The standard InChI is InChI=1S/C30H56N2O9/c1-11-32-16-18(2)15-30(7,38-10)26(41-27-24(35)21(31(8)9)14-19(3)40-27)20(4)25(36)29(5,6)28(37)39-17-22(32)23(34)12-13-33/h18-24,26-27,33-35H,11-17H2,1-10H3/t18-,19-,20+,21+,22+,23?,24-,26-,27+,30-/m1/s1. The van der Waals surface area contributed by atoms with E-state index in [1.807, 2.05) is 44.7 Å². The average Bonchev–Trinajstić information content (AvgIpc) is 2.90. The molecule has 0 aromatic rings. The number of esters is 1. The summed E-state index contributed by atoms with van der Waals surface area (Å²) in [6.07, 6.45) is -2.71. The zero-order valence-electron chi connectivity index (χ0n) is 26.8. The summed E-state index contributed by atoms with van der Waals surface area (Å²) in [4.78, 5) is 31.4. The van der Waals surface area contributed by atoms with Crippen LogP contribution in [-0.4, -0.2) is 133 Å². The van der Waals surface area contributed by atoms with Crippen molar-refractivity contribution < 1.29 is 43.9 Å². The maximum absolute atomic E-state index is 14.0. The molecule has 2 fully saturated rings. The Hall–Kier alpha value is -1.18. The van der Waals surface area contributed by atoms with E-state index in [1.54, 1.807) is 14.0 Å². The lowest BCUT2D eigenvalue weighted by atomic mass is 9.74. The van der Waals surface area contributed by atoms with Crippen LogP contribution in [0, 0.1) is 17.3 Å². The smallest absolute Gasteiger partial charge is 0.319 e. The van der Waals surface area contributed by atoms with E-state index < -0.39 is 53.5 Å². The lowest BCUT2D eigenvalue weighted by Gasteiger charge is -2.47. The van der Waals surface area contributed by atoms with E-state index >= 15 is 0 Å². The van der Waals surface area contributed by atoms with Gasteiger partial charge in [-0.25, -0.2) is 0 Å². The van der Waals surface area contributed by atoms with Gasteiger partial charge in [0.25, 0.3) is 0 Å². The lowest BCUT2D eigenvalue weighted by Crippen LogP contribution is -2.59. The molecule has 0 aromatic carbocycles. The van der Waals surface area contributed by atoms with Crippen molar-refractivity contribution in [3.63, 3.8) is 0 Å². The molecule has 3 N–H and O–H groups in total. The van der Waals surface area contributed by atoms with Gasteiger partial charge in [0, 0.05) is 32.2 Å². The molecule has 0 saturated carbocycles. The van der Waals surface area contributed by atoms with Gasteiger partial charge in [-0.1, -0.05) is 20.8 Å². The predicted molar refractivity (Wildman–Crippen MR) is 154 cm³/mol. The van der Waals surface area contributed by atoms with Gasteiger partial charge in [-0.05, 0) is 73.5 Å². The first-order valence-corrected chi connectivity index (χ1v) is 15.0. The molecule has 11 nitrogen and oxygen atoms in total. The van der Waals surface area contributed by atoms with Gasteiger partial charge >= 0.3 is 5.97 Å².